The van der Waals surface area contributed by atoms with Gasteiger partial charge in [-0.2, -0.15) is 12.6 Å². The lowest BCUT2D eigenvalue weighted by Gasteiger charge is -2.04. The molecule has 0 saturated carbocycles. The fourth-order valence-corrected chi connectivity index (χ4v) is 1.34. The molecule has 2 N–H and O–H groups in total. The van der Waals surface area contributed by atoms with E-state index in [0.29, 0.717) is 17.7 Å². The van der Waals surface area contributed by atoms with Crippen LogP contribution in [0.15, 0.2) is 18.2 Å². The summed E-state index contributed by atoms with van der Waals surface area (Å²) in [5.74, 6) is -0.460. The van der Waals surface area contributed by atoms with Gasteiger partial charge in [0.15, 0.2) is 0 Å². The van der Waals surface area contributed by atoms with Gasteiger partial charge in [-0.05, 0) is 29.9 Å². The molecule has 1 rings (SSSR count). The molecule has 0 spiro atoms. The maximum Gasteiger partial charge on any atom is 0.336 e. The third-order valence-electron chi connectivity index (χ3n) is 1.71. The minimum absolute atomic E-state index is 0.0275. The molecule has 0 radical (unpaired) electrons. The Morgan fingerprint density at radius 1 is 1.46 bits per heavy atom. The van der Waals surface area contributed by atoms with Crippen molar-refractivity contribution in [2.75, 3.05) is 5.75 Å². The molecule has 1 aromatic rings. The van der Waals surface area contributed by atoms with Crippen LogP contribution in [-0.2, 0) is 6.42 Å². The highest BCUT2D eigenvalue weighted by Gasteiger charge is 2.09. The Balaban J connectivity index is 3.10. The number of aromatic carboxylic acids is 1. The molecule has 0 unspecified atom stereocenters. The first-order valence-corrected chi connectivity index (χ1v) is 4.44. The van der Waals surface area contributed by atoms with Crippen LogP contribution in [0.25, 0.3) is 0 Å². The molecule has 0 aliphatic rings. The number of aromatic hydroxyl groups is 1. The van der Waals surface area contributed by atoms with Gasteiger partial charge >= 0.3 is 5.97 Å². The first-order chi connectivity index (χ1) is 6.15. The van der Waals surface area contributed by atoms with Gasteiger partial charge in [-0.3, -0.25) is 0 Å². The molecule has 0 amide bonds. The van der Waals surface area contributed by atoms with Gasteiger partial charge in [-0.15, -0.1) is 0 Å². The number of thiol groups is 1. The van der Waals surface area contributed by atoms with Crippen LogP contribution in [-0.4, -0.2) is 21.9 Å². The Labute approximate surface area is 81.4 Å². The van der Waals surface area contributed by atoms with Crippen LogP contribution < -0.4 is 0 Å². The van der Waals surface area contributed by atoms with Gasteiger partial charge in [0, 0.05) is 0 Å². The normalized spacial score (nSPS) is 9.92. The summed E-state index contributed by atoms with van der Waals surface area (Å²) >= 11 is 4.02. The van der Waals surface area contributed by atoms with E-state index in [0.717, 1.165) is 0 Å². The zero-order valence-electron chi connectivity index (χ0n) is 6.90. The second kappa shape index (κ2) is 4.18. The Kier molecular flexibility index (Phi) is 3.19. The van der Waals surface area contributed by atoms with Gasteiger partial charge in [0.05, 0.1) is 5.56 Å². The SMILES string of the molecule is O=C(O)c1cc(O)ccc1CCS. The molecule has 70 valence electrons. The number of benzene rings is 1. The average molecular weight is 198 g/mol. The van der Waals surface area contributed by atoms with E-state index in [2.05, 4.69) is 12.6 Å². The van der Waals surface area contributed by atoms with Crippen molar-refractivity contribution in [2.45, 2.75) is 6.42 Å². The molecular formula is C9H10O3S. The summed E-state index contributed by atoms with van der Waals surface area (Å²) < 4.78 is 0. The molecule has 0 aliphatic carbocycles. The van der Waals surface area contributed by atoms with E-state index in [1.165, 1.54) is 12.1 Å². The number of carbonyl (C=O) groups is 1. The summed E-state index contributed by atoms with van der Waals surface area (Å²) in [6.07, 6.45) is 0.588. The van der Waals surface area contributed by atoms with Crippen molar-refractivity contribution in [3.05, 3.63) is 29.3 Å². The molecule has 0 saturated heterocycles. The molecule has 3 nitrogen and oxygen atoms in total. The van der Waals surface area contributed by atoms with Crippen LogP contribution in [0.3, 0.4) is 0 Å². The molecule has 0 aliphatic heterocycles. The standard InChI is InChI=1S/C9H10O3S/c10-7-2-1-6(3-4-13)8(5-7)9(11)12/h1-2,5,10,13H,3-4H2,(H,11,12). The molecule has 0 atom stereocenters. The van der Waals surface area contributed by atoms with Crippen molar-refractivity contribution >= 4 is 18.6 Å². The fraction of sp³-hybridized carbons (Fsp3) is 0.222. The van der Waals surface area contributed by atoms with Crippen molar-refractivity contribution in [1.29, 1.82) is 0 Å². The smallest absolute Gasteiger partial charge is 0.336 e. The largest absolute Gasteiger partial charge is 0.508 e. The molecule has 0 heterocycles. The zero-order valence-corrected chi connectivity index (χ0v) is 7.79. The molecule has 0 fully saturated rings. The van der Waals surface area contributed by atoms with Crippen LogP contribution in [0.4, 0.5) is 0 Å². The van der Waals surface area contributed by atoms with Gasteiger partial charge in [0.25, 0.3) is 0 Å². The highest BCUT2D eigenvalue weighted by Crippen LogP contribution is 2.17. The summed E-state index contributed by atoms with van der Waals surface area (Å²) in [7, 11) is 0. The van der Waals surface area contributed by atoms with Crippen LogP contribution in [0.1, 0.15) is 15.9 Å². The number of rotatable bonds is 3. The number of aryl methyl sites for hydroxylation is 1. The summed E-state index contributed by atoms with van der Waals surface area (Å²) in [6, 6.07) is 4.33. The second-order valence-electron chi connectivity index (χ2n) is 2.62. The van der Waals surface area contributed by atoms with Gasteiger partial charge in [-0.25, -0.2) is 4.79 Å². The van der Waals surface area contributed by atoms with E-state index < -0.39 is 5.97 Å². The summed E-state index contributed by atoms with van der Waals surface area (Å²) in [6.45, 7) is 0. The number of phenols is 1. The Morgan fingerprint density at radius 3 is 2.69 bits per heavy atom. The Hall–Kier alpha value is -1.16. The van der Waals surface area contributed by atoms with Gasteiger partial charge < -0.3 is 10.2 Å². The van der Waals surface area contributed by atoms with Crippen molar-refractivity contribution in [3.8, 4) is 5.75 Å². The quantitative estimate of drug-likeness (QED) is 0.646. The molecule has 4 heteroatoms. The summed E-state index contributed by atoms with van der Waals surface area (Å²) in [4.78, 5) is 10.7. The van der Waals surface area contributed by atoms with Gasteiger partial charge in [0.2, 0.25) is 0 Å². The maximum absolute atomic E-state index is 10.7. The Morgan fingerprint density at radius 2 is 2.15 bits per heavy atom. The predicted molar refractivity (Wildman–Crippen MR) is 52.6 cm³/mol. The summed E-state index contributed by atoms with van der Waals surface area (Å²) in [5.41, 5.74) is 0.842. The number of carboxylic acids is 1. The summed E-state index contributed by atoms with van der Waals surface area (Å²) in [5, 5.41) is 17.9. The van der Waals surface area contributed by atoms with E-state index in [4.69, 9.17) is 10.2 Å². The highest BCUT2D eigenvalue weighted by molar-refractivity contribution is 7.80. The second-order valence-corrected chi connectivity index (χ2v) is 3.07. The highest BCUT2D eigenvalue weighted by atomic mass is 32.1. The van der Waals surface area contributed by atoms with Crippen molar-refractivity contribution in [2.24, 2.45) is 0 Å². The molecule has 0 bridgehead atoms. The first kappa shape index (κ1) is 9.92. The van der Waals surface area contributed by atoms with E-state index in [9.17, 15) is 4.79 Å². The Bertz CT molecular complexity index is 323. The number of phenolic OH excluding ortho intramolecular Hbond substituents is 1. The lowest BCUT2D eigenvalue weighted by atomic mass is 10.1. The fourth-order valence-electron chi connectivity index (χ4n) is 1.10. The average Bonchev–Trinajstić information content (AvgIpc) is 2.08. The van der Waals surface area contributed by atoms with Crippen molar-refractivity contribution in [3.63, 3.8) is 0 Å². The van der Waals surface area contributed by atoms with Crippen LogP contribution >= 0.6 is 12.6 Å². The van der Waals surface area contributed by atoms with E-state index >= 15 is 0 Å². The topological polar surface area (TPSA) is 57.5 Å². The number of hydrogen-bond acceptors (Lipinski definition) is 3. The third kappa shape index (κ3) is 2.39. The van der Waals surface area contributed by atoms with Crippen LogP contribution in [0.5, 0.6) is 5.75 Å². The lowest BCUT2D eigenvalue weighted by molar-refractivity contribution is 0.0695. The van der Waals surface area contributed by atoms with Gasteiger partial charge in [-0.1, -0.05) is 6.07 Å². The first-order valence-electron chi connectivity index (χ1n) is 3.81. The van der Waals surface area contributed by atoms with Crippen molar-refractivity contribution < 1.29 is 15.0 Å². The zero-order chi connectivity index (χ0) is 9.84. The maximum atomic E-state index is 10.7. The van der Waals surface area contributed by atoms with E-state index in [1.54, 1.807) is 6.07 Å². The van der Waals surface area contributed by atoms with Crippen LogP contribution in [0.2, 0.25) is 0 Å². The number of carboxylic acid groups (broad SMARTS) is 1. The molecule has 13 heavy (non-hydrogen) atoms. The predicted octanol–water partition coefficient (Wildman–Crippen LogP) is 1.56. The van der Waals surface area contributed by atoms with E-state index in [1.807, 2.05) is 0 Å². The monoisotopic (exact) mass is 198 g/mol. The van der Waals surface area contributed by atoms with E-state index in [-0.39, 0.29) is 11.3 Å². The number of hydrogen-bond donors (Lipinski definition) is 3. The minimum atomic E-state index is -1.02. The van der Waals surface area contributed by atoms with Crippen LogP contribution in [0, 0.1) is 0 Å². The van der Waals surface area contributed by atoms with Gasteiger partial charge in [0.1, 0.15) is 5.75 Å². The van der Waals surface area contributed by atoms with Crippen molar-refractivity contribution in [1.82, 2.24) is 0 Å². The lowest BCUT2D eigenvalue weighted by Crippen LogP contribution is -2.02. The minimum Gasteiger partial charge on any atom is -0.508 e. The molecule has 1 aromatic carbocycles. The molecular weight excluding hydrogens is 188 g/mol. The third-order valence-corrected chi connectivity index (χ3v) is 1.93. The molecule has 0 aromatic heterocycles.